The zero-order chi connectivity index (χ0) is 22.2. The van der Waals surface area contributed by atoms with Crippen LogP contribution in [0, 0.1) is 0 Å². The van der Waals surface area contributed by atoms with Gasteiger partial charge >= 0.3 is 0 Å². The van der Waals surface area contributed by atoms with Crippen LogP contribution >= 0.6 is 0 Å². The third kappa shape index (κ3) is 4.75. The number of anilines is 2. The van der Waals surface area contributed by atoms with E-state index in [1.54, 1.807) is 6.33 Å². The summed E-state index contributed by atoms with van der Waals surface area (Å²) in [6.45, 7) is 5.25. The van der Waals surface area contributed by atoms with Crippen molar-refractivity contribution in [2.45, 2.75) is 57.3 Å². The molecule has 0 aliphatic carbocycles. The van der Waals surface area contributed by atoms with Gasteiger partial charge < -0.3 is 25.0 Å². The lowest BCUT2D eigenvalue weighted by molar-refractivity contribution is 0.0755. The van der Waals surface area contributed by atoms with Gasteiger partial charge in [-0.25, -0.2) is 10.1 Å². The summed E-state index contributed by atoms with van der Waals surface area (Å²) < 4.78 is 32.2. The second kappa shape index (κ2) is 8.82. The van der Waals surface area contributed by atoms with Crippen LogP contribution in [0.25, 0.3) is 11.2 Å². The molecule has 0 amide bonds. The van der Waals surface area contributed by atoms with Crippen molar-refractivity contribution in [3.8, 4) is 0 Å². The van der Waals surface area contributed by atoms with Crippen molar-refractivity contribution in [2.24, 2.45) is 5.14 Å². The van der Waals surface area contributed by atoms with Crippen molar-refractivity contribution < 1.29 is 18.3 Å². The highest BCUT2D eigenvalue weighted by Gasteiger charge is 2.31. The van der Waals surface area contributed by atoms with E-state index < -0.39 is 10.2 Å². The molecule has 172 valence electrons. The molecule has 2 aromatic heterocycles. The number of aromatic nitrogens is 4. The van der Waals surface area contributed by atoms with E-state index >= 15 is 0 Å². The van der Waals surface area contributed by atoms with E-state index in [1.165, 1.54) is 4.31 Å². The lowest BCUT2D eigenvalue weighted by Crippen LogP contribution is -2.37. The molecule has 3 atom stereocenters. The van der Waals surface area contributed by atoms with Crippen LogP contribution in [-0.4, -0.2) is 81.8 Å². The van der Waals surface area contributed by atoms with E-state index in [4.69, 9.17) is 9.88 Å². The number of imidazole rings is 1. The Hall–Kier alpha value is -2.06. The summed E-state index contributed by atoms with van der Waals surface area (Å²) in [6.07, 6.45) is 4.03. The van der Waals surface area contributed by atoms with Gasteiger partial charge in [-0.1, -0.05) is 0 Å². The maximum atomic E-state index is 11.6. The smallest absolute Gasteiger partial charge is 0.276 e. The number of nitrogens with two attached hydrogens (primary N) is 1. The molecule has 0 aromatic carbocycles. The fourth-order valence-electron chi connectivity index (χ4n) is 4.07. The number of aliphatic hydroxyl groups excluding tert-OH is 1. The molecule has 2 saturated heterocycles. The van der Waals surface area contributed by atoms with Gasteiger partial charge in [0.25, 0.3) is 10.2 Å². The third-order valence-corrected chi connectivity index (χ3v) is 6.81. The van der Waals surface area contributed by atoms with E-state index in [0.29, 0.717) is 42.5 Å². The molecule has 4 rings (SSSR count). The first-order valence-electron chi connectivity index (χ1n) is 10.5. The van der Waals surface area contributed by atoms with Crippen LogP contribution in [0.4, 0.5) is 11.8 Å². The van der Waals surface area contributed by atoms with Crippen LogP contribution in [0.5, 0.6) is 0 Å². The Morgan fingerprint density at radius 2 is 2.16 bits per heavy atom. The standard InChI is InChI=1S/C18H30N8O4S/c1-11(2)26-10-20-15-16(21-12-5-6-25(8-12)31(19,28)29)23-18(24-17(15)26)22-13(9-27)14-4-3-7-30-14/h10-14,27H,3-9H2,1-2H3,(H2,19,28,29)(H2,21,22,23,24). The van der Waals surface area contributed by atoms with Gasteiger partial charge in [0.1, 0.15) is 0 Å². The van der Waals surface area contributed by atoms with E-state index in [2.05, 4.69) is 25.6 Å². The van der Waals surface area contributed by atoms with Gasteiger partial charge in [0.05, 0.1) is 25.1 Å². The quantitative estimate of drug-likeness (QED) is 0.432. The molecule has 2 aliphatic heterocycles. The molecule has 0 saturated carbocycles. The van der Waals surface area contributed by atoms with E-state index in [-0.39, 0.29) is 37.4 Å². The molecular weight excluding hydrogens is 424 g/mol. The van der Waals surface area contributed by atoms with Gasteiger partial charge in [0.2, 0.25) is 5.95 Å². The lowest BCUT2D eigenvalue weighted by Gasteiger charge is -2.23. The van der Waals surface area contributed by atoms with Gasteiger partial charge in [-0.15, -0.1) is 0 Å². The maximum Gasteiger partial charge on any atom is 0.276 e. The number of fused-ring (bicyclic) bond motifs is 1. The van der Waals surface area contributed by atoms with E-state index in [9.17, 15) is 13.5 Å². The molecule has 31 heavy (non-hydrogen) atoms. The second-order valence-electron chi connectivity index (χ2n) is 8.33. The molecule has 0 spiro atoms. The zero-order valence-electron chi connectivity index (χ0n) is 17.7. The average molecular weight is 455 g/mol. The summed E-state index contributed by atoms with van der Waals surface area (Å²) in [5, 5.41) is 21.7. The first-order chi connectivity index (χ1) is 14.8. The van der Waals surface area contributed by atoms with Gasteiger partial charge in [0.15, 0.2) is 17.0 Å². The Balaban J connectivity index is 1.63. The number of rotatable bonds is 8. The van der Waals surface area contributed by atoms with Crippen molar-refractivity contribution in [1.29, 1.82) is 0 Å². The Labute approximate surface area is 181 Å². The molecule has 12 nitrogen and oxygen atoms in total. The monoisotopic (exact) mass is 454 g/mol. The van der Waals surface area contributed by atoms with Crippen LogP contribution in [0.15, 0.2) is 6.33 Å². The summed E-state index contributed by atoms with van der Waals surface area (Å²) in [4.78, 5) is 13.7. The molecule has 0 bridgehead atoms. The number of ether oxygens (including phenoxy) is 1. The number of nitrogens with zero attached hydrogens (tertiary/aromatic N) is 5. The van der Waals surface area contributed by atoms with Crippen LogP contribution < -0.4 is 15.8 Å². The molecule has 0 radical (unpaired) electrons. The molecule has 4 heterocycles. The maximum absolute atomic E-state index is 11.6. The molecule has 2 aliphatic rings. The lowest BCUT2D eigenvalue weighted by atomic mass is 10.1. The molecule has 5 N–H and O–H groups in total. The topological polar surface area (TPSA) is 161 Å². The van der Waals surface area contributed by atoms with Crippen molar-refractivity contribution >= 4 is 33.1 Å². The predicted octanol–water partition coefficient (Wildman–Crippen LogP) is 0.0487. The molecule has 13 heteroatoms. The summed E-state index contributed by atoms with van der Waals surface area (Å²) in [7, 11) is -3.73. The number of hydrogen-bond donors (Lipinski definition) is 4. The SMILES string of the molecule is CC(C)n1cnc2c(NC3CCN(S(N)(=O)=O)C3)nc(NC(CO)C3CCCO3)nc21. The van der Waals surface area contributed by atoms with Crippen molar-refractivity contribution in [3.05, 3.63) is 6.33 Å². The van der Waals surface area contributed by atoms with Crippen LogP contribution in [0.2, 0.25) is 0 Å². The fraction of sp³-hybridized carbons (Fsp3) is 0.722. The average Bonchev–Trinajstić information content (AvgIpc) is 3.45. The first-order valence-corrected chi connectivity index (χ1v) is 12.0. The van der Waals surface area contributed by atoms with Crippen LogP contribution in [0.3, 0.4) is 0 Å². The Morgan fingerprint density at radius 1 is 1.35 bits per heavy atom. The van der Waals surface area contributed by atoms with Gasteiger partial charge in [-0.05, 0) is 33.1 Å². The van der Waals surface area contributed by atoms with Gasteiger partial charge in [-0.2, -0.15) is 22.7 Å². The van der Waals surface area contributed by atoms with Gasteiger partial charge in [-0.3, -0.25) is 0 Å². The number of hydrogen-bond acceptors (Lipinski definition) is 9. The highest BCUT2D eigenvalue weighted by atomic mass is 32.2. The molecule has 3 unspecified atom stereocenters. The first kappa shape index (κ1) is 22.1. The minimum atomic E-state index is -3.73. The molecule has 2 fully saturated rings. The summed E-state index contributed by atoms with van der Waals surface area (Å²) in [6, 6.07) is -0.343. The minimum Gasteiger partial charge on any atom is -0.394 e. The van der Waals surface area contributed by atoms with Crippen molar-refractivity contribution in [3.63, 3.8) is 0 Å². The molecular formula is C18H30N8O4S. The number of aliphatic hydroxyl groups is 1. The summed E-state index contributed by atoms with van der Waals surface area (Å²) in [5.74, 6) is 0.866. The van der Waals surface area contributed by atoms with Gasteiger partial charge in [0, 0.05) is 31.8 Å². The Morgan fingerprint density at radius 3 is 2.77 bits per heavy atom. The summed E-state index contributed by atoms with van der Waals surface area (Å²) in [5.41, 5.74) is 1.26. The van der Waals surface area contributed by atoms with Crippen LogP contribution in [0.1, 0.15) is 39.2 Å². The van der Waals surface area contributed by atoms with Crippen molar-refractivity contribution in [2.75, 3.05) is 36.9 Å². The van der Waals surface area contributed by atoms with E-state index in [0.717, 1.165) is 12.8 Å². The Bertz CT molecular complexity index is 1020. The van der Waals surface area contributed by atoms with Crippen molar-refractivity contribution in [1.82, 2.24) is 23.8 Å². The zero-order valence-corrected chi connectivity index (χ0v) is 18.5. The summed E-state index contributed by atoms with van der Waals surface area (Å²) >= 11 is 0. The number of nitrogens with one attached hydrogen (secondary N) is 2. The van der Waals surface area contributed by atoms with E-state index in [1.807, 2.05) is 18.4 Å². The highest BCUT2D eigenvalue weighted by molar-refractivity contribution is 7.86. The fourth-order valence-corrected chi connectivity index (χ4v) is 4.82. The largest absolute Gasteiger partial charge is 0.394 e. The predicted molar refractivity (Wildman–Crippen MR) is 116 cm³/mol. The highest BCUT2D eigenvalue weighted by Crippen LogP contribution is 2.27. The Kier molecular flexibility index (Phi) is 6.30. The second-order valence-corrected chi connectivity index (χ2v) is 9.88. The van der Waals surface area contributed by atoms with Crippen LogP contribution in [-0.2, 0) is 14.9 Å². The molecule has 2 aromatic rings. The minimum absolute atomic E-state index is 0.103. The normalized spacial score (nSPS) is 23.6. The third-order valence-electron chi connectivity index (χ3n) is 5.75.